The van der Waals surface area contributed by atoms with Crippen LogP contribution in [0.15, 0.2) is 18.3 Å². The molecule has 0 aliphatic carbocycles. The smallest absolute Gasteiger partial charge is 0.227 e. The molecule has 6 nitrogen and oxygen atoms in total. The molecule has 3 heterocycles. The van der Waals surface area contributed by atoms with Gasteiger partial charge in [-0.3, -0.25) is 9.48 Å². The lowest BCUT2D eigenvalue weighted by Gasteiger charge is -2.25. The molecule has 0 saturated carbocycles. The van der Waals surface area contributed by atoms with Crippen molar-refractivity contribution in [3.63, 3.8) is 0 Å². The summed E-state index contributed by atoms with van der Waals surface area (Å²) < 4.78 is 1.82. The molecule has 0 radical (unpaired) electrons. The van der Waals surface area contributed by atoms with Gasteiger partial charge in [-0.15, -0.1) is 0 Å². The molecule has 1 aliphatic rings. The van der Waals surface area contributed by atoms with Gasteiger partial charge in [0.15, 0.2) is 0 Å². The molecule has 1 aliphatic heterocycles. The fraction of sp³-hybridized carbons (Fsp3) is 0.556. The van der Waals surface area contributed by atoms with Crippen molar-refractivity contribution in [2.24, 2.45) is 12.5 Å². The Balaban J connectivity index is 1.85. The van der Waals surface area contributed by atoms with Gasteiger partial charge < -0.3 is 4.90 Å². The van der Waals surface area contributed by atoms with E-state index in [1.54, 1.807) is 6.20 Å². The van der Waals surface area contributed by atoms with Gasteiger partial charge in [-0.2, -0.15) is 5.10 Å². The fourth-order valence-corrected chi connectivity index (χ4v) is 3.22. The van der Waals surface area contributed by atoms with Gasteiger partial charge in [0.2, 0.25) is 5.91 Å². The molecule has 24 heavy (non-hydrogen) atoms. The molecule has 1 fully saturated rings. The molecule has 128 valence electrons. The van der Waals surface area contributed by atoms with Crippen LogP contribution in [-0.2, 0) is 11.8 Å². The van der Waals surface area contributed by atoms with Crippen LogP contribution in [0.4, 0.5) is 0 Å². The molecule has 1 amide bonds. The molecule has 0 unspecified atom stereocenters. The number of amides is 1. The van der Waals surface area contributed by atoms with Crippen molar-refractivity contribution < 1.29 is 4.79 Å². The third kappa shape index (κ3) is 3.18. The Hall–Kier alpha value is -2.24. The third-order valence-corrected chi connectivity index (χ3v) is 4.48. The maximum absolute atomic E-state index is 12.5. The fourth-order valence-electron chi connectivity index (χ4n) is 3.22. The molecule has 0 N–H and O–H groups in total. The van der Waals surface area contributed by atoms with E-state index in [1.165, 1.54) is 0 Å². The van der Waals surface area contributed by atoms with E-state index in [9.17, 15) is 4.79 Å². The van der Waals surface area contributed by atoms with Crippen molar-refractivity contribution in [1.29, 1.82) is 0 Å². The highest BCUT2D eigenvalue weighted by molar-refractivity contribution is 5.81. The van der Waals surface area contributed by atoms with E-state index < -0.39 is 0 Å². The first kappa shape index (κ1) is 16.6. The summed E-state index contributed by atoms with van der Waals surface area (Å²) in [7, 11) is 1.91. The SMILES string of the molecule is Cc1nc(-c2ccnn2C)cc([C@H]2CCN(C(=O)C(C)(C)C)C2)n1. The van der Waals surface area contributed by atoms with Crippen LogP contribution in [0.1, 0.15) is 44.6 Å². The minimum atomic E-state index is -0.337. The third-order valence-electron chi connectivity index (χ3n) is 4.48. The molecule has 6 heteroatoms. The average molecular weight is 327 g/mol. The van der Waals surface area contributed by atoms with Gasteiger partial charge in [-0.1, -0.05) is 20.8 Å². The zero-order valence-electron chi connectivity index (χ0n) is 15.1. The van der Waals surface area contributed by atoms with Crippen LogP contribution in [0.25, 0.3) is 11.4 Å². The summed E-state index contributed by atoms with van der Waals surface area (Å²) in [6, 6.07) is 4.00. The molecular weight excluding hydrogens is 302 g/mol. The minimum Gasteiger partial charge on any atom is -0.342 e. The second-order valence-electron chi connectivity index (χ2n) is 7.55. The molecule has 1 atom stereocenters. The monoisotopic (exact) mass is 327 g/mol. The van der Waals surface area contributed by atoms with E-state index >= 15 is 0 Å². The highest BCUT2D eigenvalue weighted by Gasteiger charge is 2.34. The second-order valence-corrected chi connectivity index (χ2v) is 7.55. The number of carbonyl (C=O) groups is 1. The number of rotatable bonds is 2. The molecule has 0 spiro atoms. The maximum atomic E-state index is 12.5. The Morgan fingerprint density at radius 1 is 1.29 bits per heavy atom. The van der Waals surface area contributed by atoms with Crippen molar-refractivity contribution in [3.8, 4) is 11.4 Å². The lowest BCUT2D eigenvalue weighted by Crippen LogP contribution is -2.37. The number of likely N-dealkylation sites (tertiary alicyclic amines) is 1. The quantitative estimate of drug-likeness (QED) is 0.850. The summed E-state index contributed by atoms with van der Waals surface area (Å²) in [4.78, 5) is 23.6. The summed E-state index contributed by atoms with van der Waals surface area (Å²) in [5, 5.41) is 4.22. The van der Waals surface area contributed by atoms with Crippen LogP contribution < -0.4 is 0 Å². The lowest BCUT2D eigenvalue weighted by molar-refractivity contribution is -0.138. The van der Waals surface area contributed by atoms with E-state index in [-0.39, 0.29) is 17.2 Å². The topological polar surface area (TPSA) is 63.9 Å². The van der Waals surface area contributed by atoms with Crippen molar-refractivity contribution in [1.82, 2.24) is 24.6 Å². The highest BCUT2D eigenvalue weighted by atomic mass is 16.2. The molecular formula is C18H25N5O. The van der Waals surface area contributed by atoms with Crippen LogP contribution in [0.2, 0.25) is 0 Å². The van der Waals surface area contributed by atoms with Crippen LogP contribution in [0.5, 0.6) is 0 Å². The summed E-state index contributed by atoms with van der Waals surface area (Å²) in [5.74, 6) is 1.23. The first-order valence-electron chi connectivity index (χ1n) is 8.39. The Morgan fingerprint density at radius 2 is 2.04 bits per heavy atom. The van der Waals surface area contributed by atoms with Gasteiger partial charge >= 0.3 is 0 Å². The van der Waals surface area contributed by atoms with Crippen LogP contribution in [-0.4, -0.2) is 43.6 Å². The van der Waals surface area contributed by atoms with E-state index in [0.717, 1.165) is 42.4 Å². The van der Waals surface area contributed by atoms with Gasteiger partial charge in [0.05, 0.1) is 11.4 Å². The van der Waals surface area contributed by atoms with Gasteiger partial charge in [0.25, 0.3) is 0 Å². The Kier molecular flexibility index (Phi) is 4.15. The number of hydrogen-bond acceptors (Lipinski definition) is 4. The van der Waals surface area contributed by atoms with Crippen LogP contribution in [0, 0.1) is 12.3 Å². The number of aromatic nitrogens is 4. The average Bonchev–Trinajstić information content (AvgIpc) is 3.13. The van der Waals surface area contributed by atoms with Crippen LogP contribution >= 0.6 is 0 Å². The first-order valence-corrected chi connectivity index (χ1v) is 8.39. The number of hydrogen-bond donors (Lipinski definition) is 0. The van der Waals surface area contributed by atoms with Gasteiger partial charge in [0.1, 0.15) is 5.82 Å². The van der Waals surface area contributed by atoms with Crippen molar-refractivity contribution in [2.75, 3.05) is 13.1 Å². The summed E-state index contributed by atoms with van der Waals surface area (Å²) in [6.07, 6.45) is 2.72. The highest BCUT2D eigenvalue weighted by Crippen LogP contribution is 2.31. The Bertz CT molecular complexity index is 759. The number of carbonyl (C=O) groups excluding carboxylic acids is 1. The minimum absolute atomic E-state index is 0.211. The largest absolute Gasteiger partial charge is 0.342 e. The molecule has 1 saturated heterocycles. The van der Waals surface area contributed by atoms with E-state index in [0.29, 0.717) is 0 Å². The van der Waals surface area contributed by atoms with E-state index in [2.05, 4.69) is 15.1 Å². The van der Waals surface area contributed by atoms with Crippen molar-refractivity contribution >= 4 is 5.91 Å². The number of nitrogens with zero attached hydrogens (tertiary/aromatic N) is 5. The van der Waals surface area contributed by atoms with Gasteiger partial charge in [0, 0.05) is 43.4 Å². The normalized spacial score (nSPS) is 18.2. The molecule has 0 aromatic carbocycles. The van der Waals surface area contributed by atoms with Crippen molar-refractivity contribution in [2.45, 2.75) is 40.0 Å². The summed E-state index contributed by atoms with van der Waals surface area (Å²) >= 11 is 0. The summed E-state index contributed by atoms with van der Waals surface area (Å²) in [5.41, 5.74) is 2.54. The standard InChI is InChI=1S/C18H25N5O/c1-12-20-14(10-15(21-12)16-6-8-19-22(16)5)13-7-9-23(11-13)17(24)18(2,3)4/h6,8,10,13H,7,9,11H2,1-5H3/t13-/m0/s1. The molecule has 0 bridgehead atoms. The second kappa shape index (κ2) is 6.00. The predicted octanol–water partition coefficient (Wildman–Crippen LogP) is 2.55. The van der Waals surface area contributed by atoms with Gasteiger partial charge in [-0.25, -0.2) is 9.97 Å². The number of aryl methyl sites for hydroxylation is 2. The van der Waals surface area contributed by atoms with Gasteiger partial charge in [-0.05, 0) is 25.5 Å². The van der Waals surface area contributed by atoms with E-state index in [4.69, 9.17) is 0 Å². The maximum Gasteiger partial charge on any atom is 0.227 e. The lowest BCUT2D eigenvalue weighted by atomic mass is 9.95. The zero-order valence-corrected chi connectivity index (χ0v) is 15.1. The molecule has 3 rings (SSSR count). The van der Waals surface area contributed by atoms with Crippen molar-refractivity contribution in [3.05, 3.63) is 29.8 Å². The van der Waals surface area contributed by atoms with Crippen LogP contribution in [0.3, 0.4) is 0 Å². The first-order chi connectivity index (χ1) is 11.3. The Morgan fingerprint density at radius 3 is 2.67 bits per heavy atom. The zero-order chi connectivity index (χ0) is 17.5. The molecule has 2 aromatic rings. The predicted molar refractivity (Wildman–Crippen MR) is 92.4 cm³/mol. The Labute approximate surface area is 142 Å². The summed E-state index contributed by atoms with van der Waals surface area (Å²) in [6.45, 7) is 9.35. The molecule has 2 aromatic heterocycles. The van der Waals surface area contributed by atoms with E-state index in [1.807, 2.05) is 56.5 Å².